The van der Waals surface area contributed by atoms with E-state index in [1.165, 1.54) is 18.3 Å². The van der Waals surface area contributed by atoms with Gasteiger partial charge in [0.2, 0.25) is 0 Å². The maximum Gasteiger partial charge on any atom is 0.406 e. The quantitative estimate of drug-likeness (QED) is 0.898. The van der Waals surface area contributed by atoms with Gasteiger partial charge in [-0.25, -0.2) is 4.98 Å². The molecule has 4 nitrogen and oxygen atoms in total. The lowest BCUT2D eigenvalue weighted by molar-refractivity contribution is -0.138. The van der Waals surface area contributed by atoms with Gasteiger partial charge in [-0.15, -0.1) is 0 Å². The first-order chi connectivity index (χ1) is 8.83. The highest BCUT2D eigenvalue weighted by Crippen LogP contribution is 2.17. The van der Waals surface area contributed by atoms with E-state index < -0.39 is 18.6 Å². The van der Waals surface area contributed by atoms with Crippen LogP contribution in [-0.4, -0.2) is 42.1 Å². The van der Waals surface area contributed by atoms with E-state index in [9.17, 15) is 18.0 Å². The molecule has 1 aromatic heterocycles. The molecule has 0 aromatic carbocycles. The number of pyridine rings is 1. The summed E-state index contributed by atoms with van der Waals surface area (Å²) in [6.07, 6.45) is -2.12. The first-order valence-corrected chi connectivity index (χ1v) is 5.85. The molecule has 1 heterocycles. The minimum absolute atomic E-state index is 0.181. The first-order valence-electron chi connectivity index (χ1n) is 5.85. The topological polar surface area (TPSA) is 45.2 Å². The fraction of sp³-hybridized carbons (Fsp3) is 0.500. The molecule has 7 heteroatoms. The van der Waals surface area contributed by atoms with E-state index in [0.717, 1.165) is 13.5 Å². The smallest absolute Gasteiger partial charge is 0.370 e. The Labute approximate surface area is 109 Å². The summed E-state index contributed by atoms with van der Waals surface area (Å²) in [4.78, 5) is 16.4. The Morgan fingerprint density at radius 1 is 1.47 bits per heavy atom. The Hall–Kier alpha value is -1.79. The number of hydrogen-bond acceptors (Lipinski definition) is 3. The van der Waals surface area contributed by atoms with E-state index in [1.54, 1.807) is 0 Å². The summed E-state index contributed by atoms with van der Waals surface area (Å²) < 4.78 is 36.6. The van der Waals surface area contributed by atoms with Crippen LogP contribution in [0.3, 0.4) is 0 Å². The normalized spacial score (nSPS) is 11.2. The van der Waals surface area contributed by atoms with Crippen molar-refractivity contribution in [1.82, 2.24) is 9.88 Å². The summed E-state index contributed by atoms with van der Waals surface area (Å²) in [7, 11) is 1.12. The second-order valence-electron chi connectivity index (χ2n) is 4.13. The lowest BCUT2D eigenvalue weighted by Gasteiger charge is -2.19. The lowest BCUT2D eigenvalue weighted by Crippen LogP contribution is -2.35. The number of halogens is 3. The molecule has 0 spiro atoms. The SMILES string of the molecule is CCCNc1cc(C(=O)N(C)CC(F)(F)F)ccn1. The fourth-order valence-corrected chi connectivity index (χ4v) is 1.47. The predicted octanol–water partition coefficient (Wildman–Crippen LogP) is 2.54. The minimum atomic E-state index is -4.40. The zero-order valence-electron chi connectivity index (χ0n) is 10.8. The Bertz CT molecular complexity index is 434. The summed E-state index contributed by atoms with van der Waals surface area (Å²) in [6, 6.07) is 2.84. The third-order valence-electron chi connectivity index (χ3n) is 2.33. The van der Waals surface area contributed by atoms with Gasteiger partial charge in [-0.2, -0.15) is 13.2 Å². The van der Waals surface area contributed by atoms with Crippen LogP contribution in [0.5, 0.6) is 0 Å². The van der Waals surface area contributed by atoms with Crippen LogP contribution in [-0.2, 0) is 0 Å². The Kier molecular flexibility index (Phi) is 5.14. The van der Waals surface area contributed by atoms with Gasteiger partial charge in [-0.3, -0.25) is 4.79 Å². The van der Waals surface area contributed by atoms with Crippen LogP contribution < -0.4 is 5.32 Å². The first kappa shape index (κ1) is 15.3. The van der Waals surface area contributed by atoms with E-state index >= 15 is 0 Å². The number of rotatable bonds is 5. The van der Waals surface area contributed by atoms with Crippen molar-refractivity contribution in [2.45, 2.75) is 19.5 Å². The molecule has 0 radical (unpaired) electrons. The molecule has 0 aliphatic carbocycles. The van der Waals surface area contributed by atoms with Crippen molar-refractivity contribution in [1.29, 1.82) is 0 Å². The average Bonchev–Trinajstić information content (AvgIpc) is 2.33. The van der Waals surface area contributed by atoms with Crippen molar-refractivity contribution in [2.75, 3.05) is 25.5 Å². The molecule has 0 atom stereocenters. The van der Waals surface area contributed by atoms with Crippen molar-refractivity contribution in [2.24, 2.45) is 0 Å². The van der Waals surface area contributed by atoms with E-state index in [-0.39, 0.29) is 5.56 Å². The molecule has 0 aliphatic rings. The Balaban J connectivity index is 2.76. The second-order valence-corrected chi connectivity index (χ2v) is 4.13. The zero-order valence-corrected chi connectivity index (χ0v) is 10.8. The number of carbonyl (C=O) groups is 1. The molecule has 1 rings (SSSR count). The standard InChI is InChI=1S/C12H16F3N3O/c1-3-5-16-10-7-9(4-6-17-10)11(19)18(2)8-12(13,14)15/h4,6-7H,3,5,8H2,1-2H3,(H,16,17). The summed E-state index contributed by atoms with van der Waals surface area (Å²) in [5.74, 6) is -0.201. The Morgan fingerprint density at radius 3 is 2.74 bits per heavy atom. The summed E-state index contributed by atoms with van der Waals surface area (Å²) in [5.41, 5.74) is 0.181. The molecule has 1 N–H and O–H groups in total. The van der Waals surface area contributed by atoms with Crippen LogP contribution >= 0.6 is 0 Å². The fourth-order valence-electron chi connectivity index (χ4n) is 1.47. The summed E-state index contributed by atoms with van der Waals surface area (Å²) in [6.45, 7) is 1.38. The van der Waals surface area contributed by atoms with E-state index in [0.29, 0.717) is 17.3 Å². The molecule has 1 amide bonds. The van der Waals surface area contributed by atoms with Crippen LogP contribution in [0, 0.1) is 0 Å². The van der Waals surface area contributed by atoms with Gasteiger partial charge in [0.25, 0.3) is 5.91 Å². The highest BCUT2D eigenvalue weighted by molar-refractivity contribution is 5.94. The molecule has 0 fully saturated rings. The monoisotopic (exact) mass is 275 g/mol. The number of nitrogens with one attached hydrogen (secondary N) is 1. The van der Waals surface area contributed by atoms with Gasteiger partial charge in [0.1, 0.15) is 12.4 Å². The van der Waals surface area contributed by atoms with Gasteiger partial charge >= 0.3 is 6.18 Å². The van der Waals surface area contributed by atoms with Gasteiger partial charge in [0.05, 0.1) is 0 Å². The van der Waals surface area contributed by atoms with E-state index in [2.05, 4.69) is 10.3 Å². The van der Waals surface area contributed by atoms with E-state index in [1.807, 2.05) is 6.92 Å². The molecule has 1 aromatic rings. The molecule has 0 saturated carbocycles. The second kappa shape index (κ2) is 6.40. The molecule has 0 bridgehead atoms. The molecular weight excluding hydrogens is 259 g/mol. The van der Waals surface area contributed by atoms with Crippen molar-refractivity contribution in [3.05, 3.63) is 23.9 Å². The number of anilines is 1. The van der Waals surface area contributed by atoms with Crippen LogP contribution in [0.25, 0.3) is 0 Å². The third kappa shape index (κ3) is 5.15. The third-order valence-corrected chi connectivity index (χ3v) is 2.33. The van der Waals surface area contributed by atoms with Crippen LogP contribution in [0.1, 0.15) is 23.7 Å². The molecule has 19 heavy (non-hydrogen) atoms. The maximum atomic E-state index is 12.2. The summed E-state index contributed by atoms with van der Waals surface area (Å²) in [5, 5.41) is 2.97. The summed E-state index contributed by atoms with van der Waals surface area (Å²) >= 11 is 0. The van der Waals surface area contributed by atoms with Gasteiger partial charge in [0, 0.05) is 25.4 Å². The van der Waals surface area contributed by atoms with Crippen molar-refractivity contribution < 1.29 is 18.0 Å². The van der Waals surface area contributed by atoms with Gasteiger partial charge in [-0.05, 0) is 18.6 Å². The van der Waals surface area contributed by atoms with Crippen molar-refractivity contribution in [3.63, 3.8) is 0 Å². The van der Waals surface area contributed by atoms with Gasteiger partial charge in [-0.1, -0.05) is 6.92 Å². The predicted molar refractivity (Wildman–Crippen MR) is 66.0 cm³/mol. The van der Waals surface area contributed by atoms with Crippen molar-refractivity contribution >= 4 is 11.7 Å². The Morgan fingerprint density at radius 2 is 2.16 bits per heavy atom. The van der Waals surface area contributed by atoms with E-state index in [4.69, 9.17) is 0 Å². The van der Waals surface area contributed by atoms with Crippen molar-refractivity contribution in [3.8, 4) is 0 Å². The molecule has 0 aliphatic heterocycles. The largest absolute Gasteiger partial charge is 0.406 e. The van der Waals surface area contributed by atoms with Gasteiger partial charge in [0.15, 0.2) is 0 Å². The molecule has 0 saturated heterocycles. The van der Waals surface area contributed by atoms with Crippen LogP contribution in [0.2, 0.25) is 0 Å². The van der Waals surface area contributed by atoms with Crippen LogP contribution in [0.15, 0.2) is 18.3 Å². The zero-order chi connectivity index (χ0) is 14.5. The number of alkyl halides is 3. The highest BCUT2D eigenvalue weighted by Gasteiger charge is 2.31. The number of carbonyl (C=O) groups excluding carboxylic acids is 1. The minimum Gasteiger partial charge on any atom is -0.370 e. The number of amides is 1. The number of nitrogens with zero attached hydrogens (tertiary/aromatic N) is 2. The highest BCUT2D eigenvalue weighted by atomic mass is 19.4. The average molecular weight is 275 g/mol. The molecule has 106 valence electrons. The molecular formula is C12H16F3N3O. The number of aromatic nitrogens is 1. The van der Waals surface area contributed by atoms with Gasteiger partial charge < -0.3 is 10.2 Å². The number of hydrogen-bond donors (Lipinski definition) is 1. The lowest BCUT2D eigenvalue weighted by atomic mass is 10.2. The van der Waals surface area contributed by atoms with Crippen LogP contribution in [0.4, 0.5) is 19.0 Å². The molecule has 0 unspecified atom stereocenters. The maximum absolute atomic E-state index is 12.2.